The van der Waals surface area contributed by atoms with Crippen molar-refractivity contribution >= 4 is 23.3 Å². The Morgan fingerprint density at radius 3 is 2.85 bits per heavy atom. The number of nitriles is 1. The van der Waals surface area contributed by atoms with E-state index in [0.29, 0.717) is 17.1 Å². The first-order chi connectivity index (χ1) is 9.61. The smallest absolute Gasteiger partial charge is 0.306 e. The summed E-state index contributed by atoms with van der Waals surface area (Å²) < 4.78 is 0. The van der Waals surface area contributed by atoms with Crippen molar-refractivity contribution in [2.45, 2.75) is 25.7 Å². The Hall–Kier alpha value is -1.73. The number of hydrogen-bond donors (Lipinski definition) is 2. The van der Waals surface area contributed by atoms with E-state index in [4.69, 9.17) is 16.9 Å². The van der Waals surface area contributed by atoms with Crippen molar-refractivity contribution in [2.75, 3.05) is 11.9 Å². The Labute approximate surface area is 123 Å². The van der Waals surface area contributed by atoms with Gasteiger partial charge >= 0.3 is 5.97 Å². The van der Waals surface area contributed by atoms with Gasteiger partial charge in [-0.2, -0.15) is 5.26 Å². The maximum absolute atomic E-state index is 11.2. The highest BCUT2D eigenvalue weighted by Crippen LogP contribution is 2.31. The predicted molar refractivity (Wildman–Crippen MR) is 77.7 cm³/mol. The largest absolute Gasteiger partial charge is 0.481 e. The van der Waals surface area contributed by atoms with E-state index in [-0.39, 0.29) is 11.8 Å². The van der Waals surface area contributed by atoms with E-state index >= 15 is 0 Å². The van der Waals surface area contributed by atoms with Crippen molar-refractivity contribution in [1.82, 2.24) is 0 Å². The molecule has 0 aliphatic heterocycles. The van der Waals surface area contributed by atoms with Gasteiger partial charge in [0.2, 0.25) is 0 Å². The summed E-state index contributed by atoms with van der Waals surface area (Å²) in [5.41, 5.74) is 1.27. The number of carbonyl (C=O) groups is 1. The van der Waals surface area contributed by atoms with Crippen LogP contribution in [0.3, 0.4) is 0 Å². The molecular weight excluding hydrogens is 276 g/mol. The summed E-state index contributed by atoms with van der Waals surface area (Å²) in [5, 5.41) is 21.7. The summed E-state index contributed by atoms with van der Waals surface area (Å²) in [6.07, 6.45) is 3.75. The monoisotopic (exact) mass is 292 g/mol. The molecule has 1 fully saturated rings. The fourth-order valence-electron chi connectivity index (χ4n) is 2.75. The van der Waals surface area contributed by atoms with Crippen LogP contribution >= 0.6 is 11.6 Å². The van der Waals surface area contributed by atoms with Gasteiger partial charge in [-0.25, -0.2) is 0 Å². The first kappa shape index (κ1) is 14.7. The Morgan fingerprint density at radius 1 is 1.45 bits per heavy atom. The molecule has 1 aliphatic rings. The average molecular weight is 293 g/mol. The molecule has 1 aliphatic carbocycles. The SMILES string of the molecule is N#Cc1ccc(NCC2CCCCC2C(=O)O)c(Cl)c1. The zero-order chi connectivity index (χ0) is 14.5. The number of hydrogen-bond acceptors (Lipinski definition) is 3. The quantitative estimate of drug-likeness (QED) is 0.890. The van der Waals surface area contributed by atoms with E-state index in [2.05, 4.69) is 5.32 Å². The van der Waals surface area contributed by atoms with Gasteiger partial charge in [-0.05, 0) is 37.0 Å². The van der Waals surface area contributed by atoms with Crippen LogP contribution in [0.1, 0.15) is 31.2 Å². The topological polar surface area (TPSA) is 73.1 Å². The molecule has 1 aromatic carbocycles. The molecule has 0 bridgehead atoms. The predicted octanol–water partition coefficient (Wildman–Crippen LogP) is 3.51. The van der Waals surface area contributed by atoms with E-state index in [1.54, 1.807) is 18.2 Å². The minimum Gasteiger partial charge on any atom is -0.481 e. The van der Waals surface area contributed by atoms with Crippen molar-refractivity contribution in [3.63, 3.8) is 0 Å². The lowest BCUT2D eigenvalue weighted by atomic mass is 9.79. The lowest BCUT2D eigenvalue weighted by Crippen LogP contribution is -2.31. The van der Waals surface area contributed by atoms with Gasteiger partial charge in [0.15, 0.2) is 0 Å². The van der Waals surface area contributed by atoms with Crippen LogP contribution in [-0.4, -0.2) is 17.6 Å². The molecule has 2 N–H and O–H groups in total. The van der Waals surface area contributed by atoms with Gasteiger partial charge in [-0.1, -0.05) is 24.4 Å². The number of nitrogens with zero attached hydrogens (tertiary/aromatic N) is 1. The van der Waals surface area contributed by atoms with Crippen molar-refractivity contribution in [1.29, 1.82) is 5.26 Å². The molecule has 0 heterocycles. The van der Waals surface area contributed by atoms with Crippen LogP contribution in [-0.2, 0) is 4.79 Å². The molecule has 1 saturated carbocycles. The molecular formula is C15H17ClN2O2. The normalized spacial score (nSPS) is 22.0. The van der Waals surface area contributed by atoms with E-state index in [1.807, 2.05) is 6.07 Å². The van der Waals surface area contributed by atoms with Gasteiger partial charge in [-0.15, -0.1) is 0 Å². The zero-order valence-electron chi connectivity index (χ0n) is 11.1. The second-order valence-electron chi connectivity index (χ2n) is 5.18. The Morgan fingerprint density at radius 2 is 2.20 bits per heavy atom. The molecule has 0 amide bonds. The summed E-state index contributed by atoms with van der Waals surface area (Å²) in [6, 6.07) is 7.10. The number of aliphatic carboxylic acids is 1. The molecule has 106 valence electrons. The van der Waals surface area contributed by atoms with Crippen LogP contribution in [0.4, 0.5) is 5.69 Å². The molecule has 2 atom stereocenters. The van der Waals surface area contributed by atoms with Gasteiger partial charge in [0.05, 0.1) is 28.3 Å². The van der Waals surface area contributed by atoms with Crippen molar-refractivity contribution in [3.05, 3.63) is 28.8 Å². The van der Waals surface area contributed by atoms with Crippen molar-refractivity contribution in [3.8, 4) is 6.07 Å². The molecule has 4 nitrogen and oxygen atoms in total. The van der Waals surface area contributed by atoms with Crippen LogP contribution in [0, 0.1) is 23.2 Å². The number of nitrogens with one attached hydrogen (secondary N) is 1. The molecule has 0 spiro atoms. The summed E-state index contributed by atoms with van der Waals surface area (Å²) in [6.45, 7) is 0.600. The van der Waals surface area contributed by atoms with Crippen molar-refractivity contribution in [2.24, 2.45) is 11.8 Å². The molecule has 20 heavy (non-hydrogen) atoms. The third-order valence-corrected chi connectivity index (χ3v) is 4.19. The number of benzene rings is 1. The minimum atomic E-state index is -0.706. The Kier molecular flexibility index (Phi) is 4.86. The maximum atomic E-state index is 11.2. The highest BCUT2D eigenvalue weighted by molar-refractivity contribution is 6.33. The Balaban J connectivity index is 2.00. The lowest BCUT2D eigenvalue weighted by Gasteiger charge is -2.29. The maximum Gasteiger partial charge on any atom is 0.306 e. The van der Waals surface area contributed by atoms with Gasteiger partial charge in [0, 0.05) is 6.54 Å². The molecule has 1 aromatic rings. The first-order valence-electron chi connectivity index (χ1n) is 6.78. The summed E-state index contributed by atoms with van der Waals surface area (Å²) >= 11 is 6.09. The molecule has 0 radical (unpaired) electrons. The second-order valence-corrected chi connectivity index (χ2v) is 5.58. The standard InChI is InChI=1S/C15H17ClN2O2/c16-13-7-10(8-17)5-6-14(13)18-9-11-3-1-2-4-12(11)15(19)20/h5-7,11-12,18H,1-4,9H2,(H,19,20). The van der Waals surface area contributed by atoms with Gasteiger partial charge < -0.3 is 10.4 Å². The number of rotatable bonds is 4. The second kappa shape index (κ2) is 6.62. The number of carboxylic acids is 1. The van der Waals surface area contributed by atoms with E-state index in [0.717, 1.165) is 31.4 Å². The van der Waals surface area contributed by atoms with E-state index < -0.39 is 5.97 Å². The molecule has 2 unspecified atom stereocenters. The number of anilines is 1. The molecule has 0 saturated heterocycles. The highest BCUT2D eigenvalue weighted by atomic mass is 35.5. The first-order valence-corrected chi connectivity index (χ1v) is 7.16. The summed E-state index contributed by atoms with van der Waals surface area (Å²) in [5.74, 6) is -0.844. The summed E-state index contributed by atoms with van der Waals surface area (Å²) in [7, 11) is 0. The van der Waals surface area contributed by atoms with Crippen LogP contribution in [0.5, 0.6) is 0 Å². The third-order valence-electron chi connectivity index (χ3n) is 3.88. The molecule has 2 rings (SSSR count). The number of halogens is 1. The molecule has 5 heteroatoms. The van der Waals surface area contributed by atoms with E-state index in [9.17, 15) is 9.90 Å². The van der Waals surface area contributed by atoms with Crippen LogP contribution in [0.15, 0.2) is 18.2 Å². The van der Waals surface area contributed by atoms with Gasteiger partial charge in [-0.3, -0.25) is 4.79 Å². The van der Waals surface area contributed by atoms with Gasteiger partial charge in [0.1, 0.15) is 0 Å². The van der Waals surface area contributed by atoms with Crippen LogP contribution in [0.25, 0.3) is 0 Å². The summed E-state index contributed by atoms with van der Waals surface area (Å²) in [4.78, 5) is 11.2. The fourth-order valence-corrected chi connectivity index (χ4v) is 2.99. The lowest BCUT2D eigenvalue weighted by molar-refractivity contribution is -0.144. The molecule has 0 aromatic heterocycles. The van der Waals surface area contributed by atoms with Crippen molar-refractivity contribution < 1.29 is 9.90 Å². The fraction of sp³-hybridized carbons (Fsp3) is 0.467. The zero-order valence-corrected chi connectivity index (χ0v) is 11.9. The number of carboxylic acid groups (broad SMARTS) is 1. The highest BCUT2D eigenvalue weighted by Gasteiger charge is 2.30. The van der Waals surface area contributed by atoms with E-state index in [1.165, 1.54) is 0 Å². The third kappa shape index (κ3) is 3.43. The average Bonchev–Trinajstić information content (AvgIpc) is 2.46. The van der Waals surface area contributed by atoms with Gasteiger partial charge in [0.25, 0.3) is 0 Å². The Bertz CT molecular complexity index is 539. The van der Waals surface area contributed by atoms with Crippen LogP contribution < -0.4 is 5.32 Å². The minimum absolute atomic E-state index is 0.132. The van der Waals surface area contributed by atoms with Crippen LogP contribution in [0.2, 0.25) is 5.02 Å².